The first-order valence-electron chi connectivity index (χ1n) is 5.19. The summed E-state index contributed by atoms with van der Waals surface area (Å²) in [6.45, 7) is 0. The predicted molar refractivity (Wildman–Crippen MR) is 73.6 cm³/mol. The third-order valence-corrected chi connectivity index (χ3v) is 2.84. The summed E-state index contributed by atoms with van der Waals surface area (Å²) >= 11 is 3.28. The summed E-state index contributed by atoms with van der Waals surface area (Å²) in [4.78, 5) is 11.3. The van der Waals surface area contributed by atoms with Crippen LogP contribution in [0.25, 0.3) is 0 Å². The lowest BCUT2D eigenvalue weighted by Crippen LogP contribution is -2.12. The number of ether oxygens (including phenoxy) is 1. The van der Waals surface area contributed by atoms with Gasteiger partial charge in [0.2, 0.25) is 0 Å². The standard InChI is InChI=1S/C13H11BrN2O2/c14-8-5-6-11(9(7-8)13(16)17)18-12-4-2-1-3-10(12)15/h1-7H,15H2,(H2,16,17). The number of halogens is 1. The molecule has 0 radical (unpaired) electrons. The van der Waals surface area contributed by atoms with Gasteiger partial charge in [0.05, 0.1) is 11.3 Å². The van der Waals surface area contributed by atoms with Crippen molar-refractivity contribution < 1.29 is 9.53 Å². The number of benzene rings is 2. The van der Waals surface area contributed by atoms with E-state index in [9.17, 15) is 4.79 Å². The van der Waals surface area contributed by atoms with Gasteiger partial charge in [-0.3, -0.25) is 4.79 Å². The van der Waals surface area contributed by atoms with E-state index in [4.69, 9.17) is 16.2 Å². The van der Waals surface area contributed by atoms with Crippen LogP contribution < -0.4 is 16.2 Å². The van der Waals surface area contributed by atoms with Gasteiger partial charge in [-0.05, 0) is 30.3 Å². The van der Waals surface area contributed by atoms with Crippen molar-refractivity contribution in [2.24, 2.45) is 5.73 Å². The molecule has 0 fully saturated rings. The molecular weight excluding hydrogens is 296 g/mol. The van der Waals surface area contributed by atoms with Crippen molar-refractivity contribution in [2.45, 2.75) is 0 Å². The molecule has 0 bridgehead atoms. The van der Waals surface area contributed by atoms with Crippen molar-refractivity contribution in [2.75, 3.05) is 5.73 Å². The number of rotatable bonds is 3. The van der Waals surface area contributed by atoms with E-state index in [0.29, 0.717) is 22.7 Å². The highest BCUT2D eigenvalue weighted by molar-refractivity contribution is 9.10. The average molecular weight is 307 g/mol. The Hall–Kier alpha value is -2.01. The molecule has 0 aromatic heterocycles. The van der Waals surface area contributed by atoms with Gasteiger partial charge >= 0.3 is 0 Å². The van der Waals surface area contributed by atoms with Crippen molar-refractivity contribution in [3.63, 3.8) is 0 Å². The molecule has 0 saturated heterocycles. The SMILES string of the molecule is NC(=O)c1cc(Br)ccc1Oc1ccccc1N. The van der Waals surface area contributed by atoms with Gasteiger partial charge in [0.25, 0.3) is 5.91 Å². The Bertz CT molecular complexity index is 599. The topological polar surface area (TPSA) is 78.3 Å². The molecule has 5 heteroatoms. The van der Waals surface area contributed by atoms with Gasteiger partial charge in [0, 0.05) is 4.47 Å². The molecule has 18 heavy (non-hydrogen) atoms. The maximum absolute atomic E-state index is 11.3. The van der Waals surface area contributed by atoms with Crippen LogP contribution in [0, 0.1) is 0 Å². The van der Waals surface area contributed by atoms with Crippen LogP contribution >= 0.6 is 15.9 Å². The van der Waals surface area contributed by atoms with Gasteiger partial charge in [-0.25, -0.2) is 0 Å². The number of hydrogen-bond donors (Lipinski definition) is 2. The lowest BCUT2D eigenvalue weighted by Gasteiger charge is -2.11. The summed E-state index contributed by atoms with van der Waals surface area (Å²) in [5.41, 5.74) is 11.9. The number of primary amides is 1. The minimum atomic E-state index is -0.555. The third-order valence-electron chi connectivity index (χ3n) is 2.35. The van der Waals surface area contributed by atoms with Crippen LogP contribution in [-0.4, -0.2) is 5.91 Å². The minimum absolute atomic E-state index is 0.299. The smallest absolute Gasteiger partial charge is 0.252 e. The minimum Gasteiger partial charge on any atom is -0.454 e. The lowest BCUT2D eigenvalue weighted by atomic mass is 10.2. The first kappa shape index (κ1) is 12.4. The van der Waals surface area contributed by atoms with Gasteiger partial charge in [-0.2, -0.15) is 0 Å². The van der Waals surface area contributed by atoms with Crippen LogP contribution in [0.4, 0.5) is 5.69 Å². The van der Waals surface area contributed by atoms with Crippen LogP contribution in [-0.2, 0) is 0 Å². The number of para-hydroxylation sites is 2. The molecule has 0 spiro atoms. The molecule has 0 aliphatic rings. The van der Waals surface area contributed by atoms with E-state index in [2.05, 4.69) is 15.9 Å². The number of amides is 1. The lowest BCUT2D eigenvalue weighted by molar-refractivity contribution is 0.0998. The molecule has 0 aliphatic heterocycles. The Morgan fingerprint density at radius 2 is 1.83 bits per heavy atom. The largest absolute Gasteiger partial charge is 0.454 e. The highest BCUT2D eigenvalue weighted by Gasteiger charge is 2.11. The fourth-order valence-electron chi connectivity index (χ4n) is 1.48. The predicted octanol–water partition coefficient (Wildman–Crippen LogP) is 2.92. The maximum Gasteiger partial charge on any atom is 0.252 e. The van der Waals surface area contributed by atoms with Gasteiger partial charge < -0.3 is 16.2 Å². The second kappa shape index (κ2) is 5.10. The molecule has 0 heterocycles. The van der Waals surface area contributed by atoms with E-state index >= 15 is 0 Å². The number of carbonyl (C=O) groups is 1. The molecular formula is C13H11BrN2O2. The summed E-state index contributed by atoms with van der Waals surface area (Å²) in [7, 11) is 0. The molecule has 0 atom stereocenters. The number of nitrogen functional groups attached to an aromatic ring is 1. The molecule has 0 unspecified atom stereocenters. The molecule has 4 nitrogen and oxygen atoms in total. The fourth-order valence-corrected chi connectivity index (χ4v) is 1.84. The van der Waals surface area contributed by atoms with Gasteiger partial charge in [0.1, 0.15) is 11.5 Å². The van der Waals surface area contributed by atoms with E-state index in [1.54, 1.807) is 42.5 Å². The number of nitrogens with two attached hydrogens (primary N) is 2. The molecule has 4 N–H and O–H groups in total. The van der Waals surface area contributed by atoms with Crippen molar-refractivity contribution in [3.05, 3.63) is 52.5 Å². The molecule has 0 aliphatic carbocycles. The summed E-state index contributed by atoms with van der Waals surface area (Å²) < 4.78 is 6.36. The normalized spacial score (nSPS) is 10.1. The molecule has 2 aromatic rings. The van der Waals surface area contributed by atoms with Crippen LogP contribution in [0.3, 0.4) is 0 Å². The molecule has 2 aromatic carbocycles. The zero-order chi connectivity index (χ0) is 13.1. The zero-order valence-corrected chi connectivity index (χ0v) is 11.0. The maximum atomic E-state index is 11.3. The highest BCUT2D eigenvalue weighted by atomic mass is 79.9. The summed E-state index contributed by atoms with van der Waals surface area (Å²) in [5, 5.41) is 0. The van der Waals surface area contributed by atoms with Crippen LogP contribution in [0.1, 0.15) is 10.4 Å². The Morgan fingerprint density at radius 3 is 2.50 bits per heavy atom. The Labute approximate surface area is 113 Å². The number of hydrogen-bond acceptors (Lipinski definition) is 3. The number of anilines is 1. The van der Waals surface area contributed by atoms with E-state index < -0.39 is 5.91 Å². The second-order valence-corrected chi connectivity index (χ2v) is 4.56. The van der Waals surface area contributed by atoms with Crippen molar-refractivity contribution in [1.82, 2.24) is 0 Å². The van der Waals surface area contributed by atoms with E-state index in [0.717, 1.165) is 4.47 Å². The Morgan fingerprint density at radius 1 is 1.11 bits per heavy atom. The number of carbonyl (C=O) groups excluding carboxylic acids is 1. The van der Waals surface area contributed by atoms with E-state index in [1.807, 2.05) is 0 Å². The van der Waals surface area contributed by atoms with Crippen LogP contribution in [0.15, 0.2) is 46.9 Å². The van der Waals surface area contributed by atoms with Crippen LogP contribution in [0.5, 0.6) is 11.5 Å². The summed E-state index contributed by atoms with van der Waals surface area (Å²) in [6.07, 6.45) is 0. The first-order chi connectivity index (χ1) is 8.58. The molecule has 1 amide bonds. The van der Waals surface area contributed by atoms with E-state index in [1.165, 1.54) is 0 Å². The van der Waals surface area contributed by atoms with E-state index in [-0.39, 0.29) is 0 Å². The van der Waals surface area contributed by atoms with Crippen molar-refractivity contribution in [1.29, 1.82) is 0 Å². The van der Waals surface area contributed by atoms with Crippen molar-refractivity contribution >= 4 is 27.5 Å². The molecule has 92 valence electrons. The summed E-state index contributed by atoms with van der Waals surface area (Å²) in [5.74, 6) is 0.312. The zero-order valence-electron chi connectivity index (χ0n) is 9.39. The van der Waals surface area contributed by atoms with Crippen LogP contribution in [0.2, 0.25) is 0 Å². The first-order valence-corrected chi connectivity index (χ1v) is 5.99. The Kier molecular flexibility index (Phi) is 3.53. The second-order valence-electron chi connectivity index (χ2n) is 3.64. The fraction of sp³-hybridized carbons (Fsp3) is 0. The molecule has 2 rings (SSSR count). The van der Waals surface area contributed by atoms with Gasteiger partial charge in [-0.15, -0.1) is 0 Å². The quantitative estimate of drug-likeness (QED) is 0.856. The summed E-state index contributed by atoms with van der Waals surface area (Å²) in [6, 6.07) is 12.1. The molecule has 0 saturated carbocycles. The van der Waals surface area contributed by atoms with Gasteiger partial charge in [0.15, 0.2) is 0 Å². The van der Waals surface area contributed by atoms with Gasteiger partial charge in [-0.1, -0.05) is 28.1 Å². The average Bonchev–Trinajstić information content (AvgIpc) is 2.34. The monoisotopic (exact) mass is 306 g/mol. The Balaban J connectivity index is 2.41. The third kappa shape index (κ3) is 2.62. The highest BCUT2D eigenvalue weighted by Crippen LogP contribution is 2.30. The van der Waals surface area contributed by atoms with Crippen molar-refractivity contribution in [3.8, 4) is 11.5 Å².